The van der Waals surface area contributed by atoms with Crippen LogP contribution in [0.5, 0.6) is 11.5 Å². The van der Waals surface area contributed by atoms with Crippen LogP contribution in [0.3, 0.4) is 0 Å². The lowest BCUT2D eigenvalue weighted by atomic mass is 10.1. The fourth-order valence-electron chi connectivity index (χ4n) is 2.30. The number of carbonyl (C=O) groups is 2. The van der Waals surface area contributed by atoms with Gasteiger partial charge in [-0.3, -0.25) is 4.79 Å². The third-order valence-electron chi connectivity index (χ3n) is 3.67. The van der Waals surface area contributed by atoms with Crippen molar-refractivity contribution in [1.29, 1.82) is 0 Å². The minimum absolute atomic E-state index is 0.139. The Bertz CT molecular complexity index is 791. The van der Waals surface area contributed by atoms with Crippen molar-refractivity contribution in [3.8, 4) is 11.5 Å². The number of rotatable bonds is 10. The van der Waals surface area contributed by atoms with E-state index in [9.17, 15) is 9.59 Å². The lowest BCUT2D eigenvalue weighted by Gasteiger charge is -2.17. The van der Waals surface area contributed by atoms with Gasteiger partial charge in [-0.25, -0.2) is 9.48 Å². The molecule has 2 N–H and O–H groups in total. The number of methoxy groups -OCH3 is 2. The number of hydrogen-bond donors (Lipinski definition) is 2. The summed E-state index contributed by atoms with van der Waals surface area (Å²) in [5.74, 6) is -0.397. The van der Waals surface area contributed by atoms with Crippen molar-refractivity contribution in [1.82, 2.24) is 20.3 Å². The number of carboxylic acid groups (broad SMARTS) is 1. The van der Waals surface area contributed by atoms with E-state index in [0.29, 0.717) is 24.7 Å². The van der Waals surface area contributed by atoms with Gasteiger partial charge in [0.25, 0.3) is 0 Å². The second kappa shape index (κ2) is 9.53. The van der Waals surface area contributed by atoms with Crippen molar-refractivity contribution in [3.05, 3.63) is 35.7 Å². The molecule has 2 rings (SSSR count). The molecule has 10 heteroatoms. The van der Waals surface area contributed by atoms with E-state index in [2.05, 4.69) is 15.6 Å². The van der Waals surface area contributed by atoms with E-state index < -0.39 is 5.97 Å². The molecule has 0 aliphatic heterocycles. The Morgan fingerprint density at radius 3 is 2.67 bits per heavy atom. The number of carboxylic acids is 1. The number of benzene rings is 1. The Morgan fingerprint density at radius 1 is 1.26 bits per heavy atom. The quantitative estimate of drug-likeness (QED) is 0.584. The summed E-state index contributed by atoms with van der Waals surface area (Å²) in [6, 6.07) is 5.07. The average Bonchev–Trinajstić information content (AvgIpc) is 3.10. The first-order valence-corrected chi connectivity index (χ1v) is 8.17. The summed E-state index contributed by atoms with van der Waals surface area (Å²) in [6.45, 7) is 2.54. The molecule has 1 unspecified atom stereocenters. The van der Waals surface area contributed by atoms with Gasteiger partial charge in [-0.15, -0.1) is 5.10 Å². The predicted octanol–water partition coefficient (Wildman–Crippen LogP) is 0.888. The first-order valence-electron chi connectivity index (χ1n) is 8.17. The number of amides is 1. The number of hydrogen-bond acceptors (Lipinski definition) is 7. The Labute approximate surface area is 156 Å². The van der Waals surface area contributed by atoms with Gasteiger partial charge in [-0.1, -0.05) is 11.3 Å². The van der Waals surface area contributed by atoms with Crippen LogP contribution in [-0.2, 0) is 16.1 Å². The number of aromatic nitrogens is 3. The predicted molar refractivity (Wildman–Crippen MR) is 93.9 cm³/mol. The number of nitrogens with zero attached hydrogens (tertiary/aromatic N) is 3. The van der Waals surface area contributed by atoms with Crippen LogP contribution in [-0.4, -0.2) is 59.4 Å². The molecule has 0 bridgehead atoms. The summed E-state index contributed by atoms with van der Waals surface area (Å²) in [4.78, 5) is 22.9. The summed E-state index contributed by atoms with van der Waals surface area (Å²) in [5.41, 5.74) is 0.605. The molecule has 0 saturated heterocycles. The molecule has 1 heterocycles. The topological polar surface area (TPSA) is 125 Å². The molecule has 146 valence electrons. The lowest BCUT2D eigenvalue weighted by molar-refractivity contribution is -0.122. The molecule has 0 radical (unpaired) electrons. The van der Waals surface area contributed by atoms with Crippen LogP contribution in [0.2, 0.25) is 0 Å². The lowest BCUT2D eigenvalue weighted by Crippen LogP contribution is -2.30. The van der Waals surface area contributed by atoms with E-state index >= 15 is 0 Å². The summed E-state index contributed by atoms with van der Waals surface area (Å²) >= 11 is 0. The van der Waals surface area contributed by atoms with Crippen LogP contribution >= 0.6 is 0 Å². The van der Waals surface area contributed by atoms with E-state index in [1.165, 1.54) is 18.0 Å². The van der Waals surface area contributed by atoms with Gasteiger partial charge < -0.3 is 24.6 Å². The van der Waals surface area contributed by atoms with E-state index in [4.69, 9.17) is 19.3 Å². The van der Waals surface area contributed by atoms with Gasteiger partial charge >= 0.3 is 5.97 Å². The molecule has 0 saturated carbocycles. The zero-order valence-corrected chi connectivity index (χ0v) is 15.3. The zero-order valence-electron chi connectivity index (χ0n) is 15.3. The second-order valence-electron chi connectivity index (χ2n) is 5.65. The molecule has 1 atom stereocenters. The molecule has 1 aromatic heterocycles. The van der Waals surface area contributed by atoms with E-state index in [-0.39, 0.29) is 24.2 Å². The highest BCUT2D eigenvalue weighted by molar-refractivity contribution is 5.84. The van der Waals surface area contributed by atoms with Crippen LogP contribution in [0.4, 0.5) is 0 Å². The molecule has 0 aliphatic rings. The molecular weight excluding hydrogens is 356 g/mol. The Morgan fingerprint density at radius 2 is 2.04 bits per heavy atom. The number of carbonyl (C=O) groups excluding carboxylic acids is 1. The third-order valence-corrected chi connectivity index (χ3v) is 3.67. The molecular formula is C17H22N4O6. The maximum absolute atomic E-state index is 12.2. The maximum Gasteiger partial charge on any atom is 0.358 e. The smallest absolute Gasteiger partial charge is 0.358 e. The Hall–Kier alpha value is -3.14. The third kappa shape index (κ3) is 5.68. The normalized spacial score (nSPS) is 11.7. The van der Waals surface area contributed by atoms with E-state index in [1.807, 2.05) is 13.0 Å². The fraction of sp³-hybridized carbons (Fsp3) is 0.412. The average molecular weight is 378 g/mol. The molecule has 2 aromatic rings. The molecule has 0 fully saturated rings. The van der Waals surface area contributed by atoms with E-state index in [1.54, 1.807) is 19.2 Å². The van der Waals surface area contributed by atoms with Crippen LogP contribution in [0.15, 0.2) is 24.4 Å². The fourth-order valence-corrected chi connectivity index (χ4v) is 2.30. The van der Waals surface area contributed by atoms with Gasteiger partial charge in [0.15, 0.2) is 17.2 Å². The monoisotopic (exact) mass is 378 g/mol. The summed E-state index contributed by atoms with van der Waals surface area (Å²) in [5, 5.41) is 18.7. The van der Waals surface area contributed by atoms with Gasteiger partial charge in [-0.05, 0) is 24.6 Å². The Balaban J connectivity index is 1.98. The summed E-state index contributed by atoms with van der Waals surface area (Å²) in [6.07, 6.45) is 1.20. The van der Waals surface area contributed by atoms with Crippen molar-refractivity contribution in [2.45, 2.75) is 19.5 Å². The molecule has 0 spiro atoms. The first-order chi connectivity index (χ1) is 12.9. The maximum atomic E-state index is 12.2. The summed E-state index contributed by atoms with van der Waals surface area (Å²) < 4.78 is 17.0. The van der Waals surface area contributed by atoms with Crippen molar-refractivity contribution in [2.24, 2.45) is 0 Å². The van der Waals surface area contributed by atoms with Gasteiger partial charge in [0.05, 0.1) is 26.0 Å². The second-order valence-corrected chi connectivity index (χ2v) is 5.65. The molecule has 27 heavy (non-hydrogen) atoms. The largest absolute Gasteiger partial charge is 0.493 e. The van der Waals surface area contributed by atoms with Crippen LogP contribution < -0.4 is 14.8 Å². The van der Waals surface area contributed by atoms with Crippen molar-refractivity contribution in [3.63, 3.8) is 0 Å². The number of aromatic carboxylic acids is 1. The van der Waals surface area contributed by atoms with Gasteiger partial charge in [-0.2, -0.15) is 0 Å². The minimum atomic E-state index is -1.20. The molecule has 10 nitrogen and oxygen atoms in total. The van der Waals surface area contributed by atoms with Crippen LogP contribution in [0.25, 0.3) is 0 Å². The minimum Gasteiger partial charge on any atom is -0.493 e. The van der Waals surface area contributed by atoms with Crippen molar-refractivity contribution < 1.29 is 28.9 Å². The molecule has 1 aromatic carbocycles. The SMILES string of the molecule is COCCOc1ccc(C(C)NC(=O)Cn2cc(C(=O)O)nn2)cc1OC. The Kier molecular flexibility index (Phi) is 7.12. The van der Waals surface area contributed by atoms with E-state index in [0.717, 1.165) is 5.56 Å². The van der Waals surface area contributed by atoms with Crippen molar-refractivity contribution in [2.75, 3.05) is 27.4 Å². The standard InChI is InChI=1S/C17H22N4O6/c1-11(18-16(22)10-21-9-13(17(23)24)19-20-21)12-4-5-14(15(8-12)26-3)27-7-6-25-2/h4-5,8-9,11H,6-7,10H2,1-3H3,(H,18,22)(H,23,24). The number of nitrogens with one attached hydrogen (secondary N) is 1. The highest BCUT2D eigenvalue weighted by Gasteiger charge is 2.15. The highest BCUT2D eigenvalue weighted by Crippen LogP contribution is 2.30. The molecule has 0 aliphatic carbocycles. The van der Waals surface area contributed by atoms with Crippen LogP contribution in [0.1, 0.15) is 29.0 Å². The number of ether oxygens (including phenoxy) is 3. The van der Waals surface area contributed by atoms with Gasteiger partial charge in [0.2, 0.25) is 5.91 Å². The first kappa shape index (κ1) is 20.2. The van der Waals surface area contributed by atoms with Gasteiger partial charge in [0.1, 0.15) is 13.2 Å². The van der Waals surface area contributed by atoms with Gasteiger partial charge in [0, 0.05) is 7.11 Å². The molecule has 1 amide bonds. The highest BCUT2D eigenvalue weighted by atomic mass is 16.5. The summed E-state index contributed by atoms with van der Waals surface area (Å²) in [7, 11) is 3.13. The zero-order chi connectivity index (χ0) is 19.8. The van der Waals surface area contributed by atoms with Crippen molar-refractivity contribution >= 4 is 11.9 Å². The van der Waals surface area contributed by atoms with Crippen LogP contribution in [0, 0.1) is 0 Å².